The molecule has 118 valence electrons. The van der Waals surface area contributed by atoms with Crippen molar-refractivity contribution in [1.29, 1.82) is 0 Å². The number of rotatable bonds is 2. The molecule has 2 heterocycles. The quantitative estimate of drug-likeness (QED) is 0.791. The van der Waals surface area contributed by atoms with Crippen LogP contribution in [0.15, 0.2) is 41.3 Å². The lowest BCUT2D eigenvalue weighted by atomic mass is 10.1. The fraction of sp³-hybridized carbons (Fsp3) is 0.222. The fourth-order valence-corrected chi connectivity index (χ4v) is 2.72. The Morgan fingerprint density at radius 1 is 1.26 bits per heavy atom. The zero-order chi connectivity index (χ0) is 16.7. The van der Waals surface area contributed by atoms with Gasteiger partial charge >= 0.3 is 0 Å². The number of benzene rings is 1. The first-order valence-electron chi connectivity index (χ1n) is 7.36. The van der Waals surface area contributed by atoms with Gasteiger partial charge in [0, 0.05) is 22.9 Å². The first-order chi connectivity index (χ1) is 10.9. The molecule has 0 fully saturated rings. The second-order valence-corrected chi connectivity index (χ2v) is 5.74. The van der Waals surface area contributed by atoms with Gasteiger partial charge in [0.25, 0.3) is 5.56 Å². The highest BCUT2D eigenvalue weighted by molar-refractivity contribution is 5.66. The van der Waals surface area contributed by atoms with Crippen molar-refractivity contribution in [3.8, 4) is 11.3 Å². The molecule has 1 aromatic carbocycles. The lowest BCUT2D eigenvalue weighted by molar-refractivity contribution is 0.200. The zero-order valence-corrected chi connectivity index (χ0v) is 13.2. The first-order valence-corrected chi connectivity index (χ1v) is 7.36. The molecule has 1 atom stereocenters. The Hall–Kier alpha value is -2.53. The van der Waals surface area contributed by atoms with Crippen LogP contribution in [0.2, 0.25) is 0 Å². The van der Waals surface area contributed by atoms with E-state index >= 15 is 0 Å². The molecule has 0 radical (unpaired) electrons. The van der Waals surface area contributed by atoms with E-state index in [9.17, 15) is 14.3 Å². The first kappa shape index (κ1) is 15.4. The highest BCUT2D eigenvalue weighted by atomic mass is 19.1. The molecule has 0 spiro atoms. The zero-order valence-electron chi connectivity index (χ0n) is 13.2. The van der Waals surface area contributed by atoms with Crippen LogP contribution in [0.1, 0.15) is 29.7 Å². The van der Waals surface area contributed by atoms with E-state index in [1.165, 1.54) is 16.5 Å². The normalized spacial score (nSPS) is 12.6. The van der Waals surface area contributed by atoms with Crippen molar-refractivity contribution in [2.45, 2.75) is 26.9 Å². The maximum atomic E-state index is 13.5. The van der Waals surface area contributed by atoms with Gasteiger partial charge in [-0.3, -0.25) is 9.20 Å². The lowest BCUT2D eigenvalue weighted by Crippen LogP contribution is -2.21. The highest BCUT2D eigenvalue weighted by Gasteiger charge is 2.16. The van der Waals surface area contributed by atoms with Crippen molar-refractivity contribution in [3.63, 3.8) is 0 Å². The Morgan fingerprint density at radius 3 is 2.65 bits per heavy atom. The predicted molar refractivity (Wildman–Crippen MR) is 87.0 cm³/mol. The van der Waals surface area contributed by atoms with Crippen molar-refractivity contribution in [3.05, 3.63) is 69.4 Å². The van der Waals surface area contributed by atoms with Crippen LogP contribution < -0.4 is 5.56 Å². The molecule has 4 nitrogen and oxygen atoms in total. The number of aliphatic hydroxyl groups excluding tert-OH is 1. The summed E-state index contributed by atoms with van der Waals surface area (Å²) in [5.41, 5.74) is 3.00. The Bertz CT molecular complexity index is 961. The van der Waals surface area contributed by atoms with E-state index in [4.69, 9.17) is 0 Å². The number of nitrogens with zero attached hydrogens (tertiary/aromatic N) is 2. The summed E-state index contributed by atoms with van der Waals surface area (Å²) >= 11 is 0. The predicted octanol–water partition coefficient (Wildman–Crippen LogP) is 3.17. The van der Waals surface area contributed by atoms with Crippen molar-refractivity contribution < 1.29 is 9.50 Å². The van der Waals surface area contributed by atoms with Gasteiger partial charge in [0.2, 0.25) is 0 Å². The number of aromatic nitrogens is 2. The monoisotopic (exact) mass is 312 g/mol. The molecule has 1 N–H and O–H groups in total. The van der Waals surface area contributed by atoms with Crippen LogP contribution in [0.5, 0.6) is 0 Å². The Kier molecular flexibility index (Phi) is 3.74. The number of halogens is 1. The molecule has 0 saturated carbocycles. The molecule has 1 unspecified atom stereocenters. The summed E-state index contributed by atoms with van der Waals surface area (Å²) in [5.74, 6) is -0.386. The molecule has 0 aliphatic carbocycles. The molecular formula is C18H17FN2O2. The third-order valence-corrected chi connectivity index (χ3v) is 3.86. The summed E-state index contributed by atoms with van der Waals surface area (Å²) < 4.78 is 14.9. The number of aryl methyl sites for hydroxylation is 1. The molecule has 0 aliphatic heterocycles. The second kappa shape index (κ2) is 5.59. The smallest absolute Gasteiger partial charge is 0.261 e. The molecular weight excluding hydrogens is 295 g/mol. The molecule has 0 aliphatic rings. The van der Waals surface area contributed by atoms with Crippen molar-refractivity contribution >= 4 is 5.65 Å². The lowest BCUT2D eigenvalue weighted by Gasteiger charge is -2.14. The number of pyridine rings is 1. The molecule has 5 heteroatoms. The summed E-state index contributed by atoms with van der Waals surface area (Å²) in [6.45, 7) is 5.16. The Morgan fingerprint density at radius 2 is 2.00 bits per heavy atom. The van der Waals surface area contributed by atoms with Crippen LogP contribution in [-0.4, -0.2) is 14.5 Å². The minimum absolute atomic E-state index is 0.222. The highest BCUT2D eigenvalue weighted by Crippen LogP contribution is 2.24. The van der Waals surface area contributed by atoms with Crippen LogP contribution in [0.4, 0.5) is 4.39 Å². The van der Waals surface area contributed by atoms with Crippen LogP contribution in [0.25, 0.3) is 16.9 Å². The maximum absolute atomic E-state index is 13.5. The van der Waals surface area contributed by atoms with E-state index in [1.54, 1.807) is 38.2 Å². The average molecular weight is 312 g/mol. The van der Waals surface area contributed by atoms with Crippen LogP contribution >= 0.6 is 0 Å². The summed E-state index contributed by atoms with van der Waals surface area (Å²) in [5, 5.41) is 10.00. The molecule has 3 aromatic rings. The SMILES string of the molecule is Cc1cc(C(C)O)c2nc(-c3cccc(F)c3)c(C)c(=O)n2c1. The summed E-state index contributed by atoms with van der Waals surface area (Å²) in [6.07, 6.45) is 0.929. The topological polar surface area (TPSA) is 54.6 Å². The third kappa shape index (κ3) is 2.64. The van der Waals surface area contributed by atoms with E-state index in [0.29, 0.717) is 28.0 Å². The molecule has 2 aromatic heterocycles. The summed E-state index contributed by atoms with van der Waals surface area (Å²) in [6, 6.07) is 7.79. The minimum Gasteiger partial charge on any atom is -0.389 e. The molecule has 23 heavy (non-hydrogen) atoms. The van der Waals surface area contributed by atoms with E-state index in [-0.39, 0.29) is 11.4 Å². The molecule has 0 saturated heterocycles. The van der Waals surface area contributed by atoms with Crippen molar-refractivity contribution in [2.75, 3.05) is 0 Å². The van der Waals surface area contributed by atoms with Gasteiger partial charge in [0.1, 0.15) is 11.5 Å². The number of hydrogen-bond donors (Lipinski definition) is 1. The van der Waals surface area contributed by atoms with Gasteiger partial charge in [-0.15, -0.1) is 0 Å². The average Bonchev–Trinajstić information content (AvgIpc) is 2.50. The van der Waals surface area contributed by atoms with E-state index in [2.05, 4.69) is 4.98 Å². The van der Waals surface area contributed by atoms with E-state index in [1.807, 2.05) is 6.92 Å². The Balaban J connectivity index is 2.42. The number of aliphatic hydroxyl groups is 1. The summed E-state index contributed by atoms with van der Waals surface area (Å²) in [7, 11) is 0. The van der Waals surface area contributed by atoms with Gasteiger partial charge in [-0.05, 0) is 44.5 Å². The standard InChI is InChI=1S/C18H17FN2O2/c1-10-7-15(12(3)22)17-20-16(11(2)18(23)21(17)9-10)13-5-4-6-14(19)8-13/h4-9,12,22H,1-3H3. The maximum Gasteiger partial charge on any atom is 0.261 e. The van der Waals surface area contributed by atoms with Gasteiger partial charge in [-0.1, -0.05) is 12.1 Å². The van der Waals surface area contributed by atoms with Gasteiger partial charge in [0.05, 0.1) is 11.8 Å². The molecule has 0 bridgehead atoms. The van der Waals surface area contributed by atoms with Crippen LogP contribution in [-0.2, 0) is 0 Å². The van der Waals surface area contributed by atoms with Gasteiger partial charge in [0.15, 0.2) is 0 Å². The fourth-order valence-electron chi connectivity index (χ4n) is 2.72. The van der Waals surface area contributed by atoms with Gasteiger partial charge in [-0.25, -0.2) is 9.37 Å². The van der Waals surface area contributed by atoms with Crippen LogP contribution in [0, 0.1) is 19.7 Å². The number of hydrogen-bond acceptors (Lipinski definition) is 3. The van der Waals surface area contributed by atoms with Crippen LogP contribution in [0.3, 0.4) is 0 Å². The third-order valence-electron chi connectivity index (χ3n) is 3.86. The minimum atomic E-state index is -0.764. The molecule has 3 rings (SSSR count). The number of fused-ring (bicyclic) bond motifs is 1. The summed E-state index contributed by atoms with van der Waals surface area (Å²) in [4.78, 5) is 17.2. The van der Waals surface area contributed by atoms with Crippen molar-refractivity contribution in [2.24, 2.45) is 0 Å². The van der Waals surface area contributed by atoms with E-state index in [0.717, 1.165) is 5.56 Å². The van der Waals surface area contributed by atoms with Gasteiger partial charge < -0.3 is 5.11 Å². The van der Waals surface area contributed by atoms with Crippen molar-refractivity contribution in [1.82, 2.24) is 9.38 Å². The Labute approximate surface area is 132 Å². The second-order valence-electron chi connectivity index (χ2n) is 5.74. The molecule has 0 amide bonds. The largest absolute Gasteiger partial charge is 0.389 e. The van der Waals surface area contributed by atoms with E-state index < -0.39 is 6.10 Å². The van der Waals surface area contributed by atoms with Gasteiger partial charge in [-0.2, -0.15) is 0 Å².